The third kappa shape index (κ3) is 5.22. The van der Waals surface area contributed by atoms with Crippen LogP contribution in [0.25, 0.3) is 0 Å². The van der Waals surface area contributed by atoms with Gasteiger partial charge < -0.3 is 9.84 Å². The van der Waals surface area contributed by atoms with Crippen molar-refractivity contribution in [2.24, 2.45) is 5.92 Å². The van der Waals surface area contributed by atoms with Gasteiger partial charge in [0.1, 0.15) is 5.75 Å². The van der Waals surface area contributed by atoms with Crippen LogP contribution in [-0.4, -0.2) is 17.7 Å². The largest absolute Gasteiger partial charge is 0.482 e. The summed E-state index contributed by atoms with van der Waals surface area (Å²) in [6, 6.07) is 16.6. The predicted molar refractivity (Wildman–Crippen MR) is 104 cm³/mol. The number of aryl methyl sites for hydroxylation is 1. The summed E-state index contributed by atoms with van der Waals surface area (Å²) in [6.45, 7) is -0.274. The zero-order chi connectivity index (χ0) is 18.2. The van der Waals surface area contributed by atoms with Gasteiger partial charge in [0.15, 0.2) is 6.61 Å². The summed E-state index contributed by atoms with van der Waals surface area (Å²) >= 11 is 0. The lowest BCUT2D eigenvalue weighted by molar-refractivity contribution is -0.139. The number of fused-ring (bicyclic) bond motifs is 1. The van der Waals surface area contributed by atoms with Crippen molar-refractivity contribution in [2.75, 3.05) is 6.61 Å². The first-order valence-corrected chi connectivity index (χ1v) is 9.36. The van der Waals surface area contributed by atoms with Crippen LogP contribution in [0.4, 0.5) is 0 Å². The molecule has 3 nitrogen and oxygen atoms in total. The van der Waals surface area contributed by atoms with E-state index in [-0.39, 0.29) is 6.61 Å². The molecule has 0 bridgehead atoms. The highest BCUT2D eigenvalue weighted by molar-refractivity contribution is 5.68. The molecule has 0 heterocycles. The van der Waals surface area contributed by atoms with E-state index in [9.17, 15) is 4.79 Å². The van der Waals surface area contributed by atoms with Gasteiger partial charge in [-0.05, 0) is 67.2 Å². The lowest BCUT2D eigenvalue weighted by Crippen LogP contribution is -2.16. The van der Waals surface area contributed by atoms with Crippen LogP contribution >= 0.6 is 0 Å². The number of hydrogen-bond acceptors (Lipinski definition) is 2. The van der Waals surface area contributed by atoms with Crippen LogP contribution in [0, 0.1) is 5.92 Å². The van der Waals surface area contributed by atoms with Crippen LogP contribution in [0.5, 0.6) is 5.75 Å². The first kappa shape index (κ1) is 18.2. The van der Waals surface area contributed by atoms with E-state index in [2.05, 4.69) is 48.6 Å². The summed E-state index contributed by atoms with van der Waals surface area (Å²) in [5.74, 6) is 0.462. The number of rotatable bonds is 8. The van der Waals surface area contributed by atoms with E-state index in [0.29, 0.717) is 5.92 Å². The molecule has 1 atom stereocenters. The van der Waals surface area contributed by atoms with Gasteiger partial charge in [0.05, 0.1) is 0 Å². The number of carboxylic acids is 1. The van der Waals surface area contributed by atoms with Crippen molar-refractivity contribution in [3.8, 4) is 5.75 Å². The zero-order valence-electron chi connectivity index (χ0n) is 15.1. The Kier molecular flexibility index (Phi) is 6.48. The van der Waals surface area contributed by atoms with Gasteiger partial charge in [0.25, 0.3) is 0 Å². The van der Waals surface area contributed by atoms with E-state index in [0.717, 1.165) is 44.3 Å². The van der Waals surface area contributed by atoms with Crippen LogP contribution in [0.2, 0.25) is 0 Å². The topological polar surface area (TPSA) is 46.5 Å². The zero-order valence-corrected chi connectivity index (χ0v) is 15.1. The van der Waals surface area contributed by atoms with Crippen LogP contribution in [0.15, 0.2) is 60.7 Å². The Bertz CT molecular complexity index is 749. The molecule has 0 aromatic heterocycles. The van der Waals surface area contributed by atoms with E-state index < -0.39 is 5.97 Å². The number of carboxylic acid groups (broad SMARTS) is 1. The van der Waals surface area contributed by atoms with E-state index in [4.69, 9.17) is 9.84 Å². The predicted octanol–water partition coefficient (Wildman–Crippen LogP) is 4.83. The fourth-order valence-electron chi connectivity index (χ4n) is 3.62. The molecule has 2 aromatic carbocycles. The lowest BCUT2D eigenvalue weighted by atomic mass is 9.82. The van der Waals surface area contributed by atoms with Gasteiger partial charge in [-0.25, -0.2) is 4.79 Å². The first-order chi connectivity index (χ1) is 12.7. The monoisotopic (exact) mass is 350 g/mol. The van der Waals surface area contributed by atoms with Gasteiger partial charge in [0.2, 0.25) is 0 Å². The molecule has 1 aliphatic carbocycles. The summed E-state index contributed by atoms with van der Waals surface area (Å²) in [5, 5.41) is 8.80. The van der Waals surface area contributed by atoms with Gasteiger partial charge in [-0.3, -0.25) is 0 Å². The summed E-state index contributed by atoms with van der Waals surface area (Å²) in [6.07, 6.45) is 11.0. The maximum absolute atomic E-state index is 10.7. The second-order valence-corrected chi connectivity index (χ2v) is 6.92. The lowest BCUT2D eigenvalue weighted by Gasteiger charge is -2.25. The third-order valence-corrected chi connectivity index (χ3v) is 4.97. The van der Waals surface area contributed by atoms with Crippen LogP contribution in [-0.2, 0) is 24.1 Å². The first-order valence-electron chi connectivity index (χ1n) is 9.36. The average Bonchev–Trinajstić information content (AvgIpc) is 2.66. The third-order valence-electron chi connectivity index (χ3n) is 4.97. The van der Waals surface area contributed by atoms with Gasteiger partial charge in [-0.15, -0.1) is 0 Å². The van der Waals surface area contributed by atoms with Gasteiger partial charge in [0, 0.05) is 0 Å². The molecule has 3 heteroatoms. The molecule has 3 rings (SSSR count). The normalized spacial score (nSPS) is 16.4. The highest BCUT2D eigenvalue weighted by atomic mass is 16.5. The molecule has 1 N–H and O–H groups in total. The van der Waals surface area contributed by atoms with Crippen molar-refractivity contribution in [1.29, 1.82) is 0 Å². The molecule has 0 spiro atoms. The van der Waals surface area contributed by atoms with Crippen LogP contribution in [0.1, 0.15) is 36.0 Å². The number of ether oxygens (including phenoxy) is 1. The maximum atomic E-state index is 10.7. The quantitative estimate of drug-likeness (QED) is 0.693. The summed E-state index contributed by atoms with van der Waals surface area (Å²) in [7, 11) is 0. The van der Waals surface area contributed by atoms with Crippen molar-refractivity contribution in [3.05, 3.63) is 77.4 Å². The second kappa shape index (κ2) is 9.23. The smallest absolute Gasteiger partial charge is 0.341 e. The number of benzene rings is 2. The highest BCUT2D eigenvalue weighted by Gasteiger charge is 2.20. The van der Waals surface area contributed by atoms with E-state index in [1.54, 1.807) is 0 Å². The van der Waals surface area contributed by atoms with Gasteiger partial charge in [-0.2, -0.15) is 0 Å². The maximum Gasteiger partial charge on any atom is 0.341 e. The fourth-order valence-corrected chi connectivity index (χ4v) is 3.62. The molecule has 0 radical (unpaired) electrons. The molecular formula is C23H26O3. The van der Waals surface area contributed by atoms with Crippen molar-refractivity contribution < 1.29 is 14.6 Å². The van der Waals surface area contributed by atoms with Crippen molar-refractivity contribution in [1.82, 2.24) is 0 Å². The van der Waals surface area contributed by atoms with E-state index in [1.165, 1.54) is 16.7 Å². The van der Waals surface area contributed by atoms with E-state index in [1.807, 2.05) is 12.1 Å². The number of allylic oxidation sites excluding steroid dienone is 2. The Morgan fingerprint density at radius 1 is 1.12 bits per heavy atom. The Hall–Kier alpha value is -2.55. The molecule has 0 saturated heterocycles. The minimum absolute atomic E-state index is 0.274. The molecule has 136 valence electrons. The molecule has 0 saturated carbocycles. The molecule has 1 aliphatic rings. The second-order valence-electron chi connectivity index (χ2n) is 6.92. The minimum atomic E-state index is -0.933. The molecule has 0 amide bonds. The Morgan fingerprint density at radius 2 is 1.96 bits per heavy atom. The van der Waals surface area contributed by atoms with Crippen LogP contribution in [0.3, 0.4) is 0 Å². The Morgan fingerprint density at radius 3 is 2.77 bits per heavy atom. The molecule has 0 aliphatic heterocycles. The minimum Gasteiger partial charge on any atom is -0.482 e. The molecule has 1 unspecified atom stereocenters. The van der Waals surface area contributed by atoms with Crippen molar-refractivity contribution in [3.63, 3.8) is 0 Å². The van der Waals surface area contributed by atoms with E-state index >= 15 is 0 Å². The molecule has 0 fully saturated rings. The number of carbonyl (C=O) groups is 1. The number of hydrogen-bond donors (Lipinski definition) is 1. The fraction of sp³-hybridized carbons (Fsp3) is 0.348. The summed E-state index contributed by atoms with van der Waals surface area (Å²) in [5.41, 5.74) is 3.89. The summed E-state index contributed by atoms with van der Waals surface area (Å²) < 4.78 is 5.44. The molecule has 2 aromatic rings. The Labute approximate surface area is 155 Å². The van der Waals surface area contributed by atoms with Gasteiger partial charge in [-0.1, -0.05) is 54.6 Å². The van der Waals surface area contributed by atoms with Crippen LogP contribution < -0.4 is 4.74 Å². The molecule has 26 heavy (non-hydrogen) atoms. The average molecular weight is 350 g/mol. The molecular weight excluding hydrogens is 324 g/mol. The summed E-state index contributed by atoms with van der Waals surface area (Å²) in [4.78, 5) is 10.7. The van der Waals surface area contributed by atoms with Crippen molar-refractivity contribution >= 4 is 5.97 Å². The number of aliphatic carboxylic acids is 1. The SMILES string of the molecule is O=C(O)COc1cccc2c1CCC(C/C=C/CCc1ccccc1)C2. The van der Waals surface area contributed by atoms with Gasteiger partial charge >= 0.3 is 5.97 Å². The standard InChI is InChI=1S/C23H26O3/c24-23(25)17-26-22-13-7-12-20-16-19(14-15-21(20)22)11-6-2-5-10-18-8-3-1-4-9-18/h1-4,6-9,12-13,19H,5,10-11,14-17H2,(H,24,25)/b6-2+. The Balaban J connectivity index is 1.48. The highest BCUT2D eigenvalue weighted by Crippen LogP contribution is 2.33. The van der Waals surface area contributed by atoms with Crippen molar-refractivity contribution in [2.45, 2.75) is 38.5 Å².